The van der Waals surface area contributed by atoms with Gasteiger partial charge in [-0.25, -0.2) is 0 Å². The van der Waals surface area contributed by atoms with Crippen LogP contribution in [0.4, 0.5) is 0 Å². The number of hydrogen-bond acceptors (Lipinski definition) is 3. The first kappa shape index (κ1) is 34.4. The molecule has 5 rings (SSSR count). The summed E-state index contributed by atoms with van der Waals surface area (Å²) in [6.07, 6.45) is 3.71. The van der Waals surface area contributed by atoms with Crippen molar-refractivity contribution in [2.24, 2.45) is 7.05 Å². The van der Waals surface area contributed by atoms with Gasteiger partial charge in [0.05, 0.1) is 17.2 Å². The molecular formula is C39H46N4OPt. The molecule has 3 aromatic carbocycles. The summed E-state index contributed by atoms with van der Waals surface area (Å²) in [6, 6.07) is 25.6. The molecule has 6 heteroatoms. The number of benzene rings is 3. The molecule has 238 valence electrons. The Morgan fingerprint density at radius 2 is 1.31 bits per heavy atom. The van der Waals surface area contributed by atoms with Crippen molar-refractivity contribution in [3.63, 3.8) is 0 Å². The van der Waals surface area contributed by atoms with Gasteiger partial charge in [0.25, 0.3) is 0 Å². The summed E-state index contributed by atoms with van der Waals surface area (Å²) in [7, 11) is 1.97. The fraction of sp³-hybridized carbons (Fsp3) is 0.385. The normalized spacial score (nSPS) is 12.1. The van der Waals surface area contributed by atoms with E-state index in [-0.39, 0.29) is 31.9 Å². The number of ether oxygens (including phenoxy) is 1. The quantitative estimate of drug-likeness (QED) is 0.155. The smallest absolute Gasteiger partial charge is 0.503 e. The van der Waals surface area contributed by atoms with Gasteiger partial charge in [0, 0.05) is 47.3 Å². The summed E-state index contributed by atoms with van der Waals surface area (Å²) in [5, 5.41) is 5.41. The zero-order valence-electron chi connectivity index (χ0n) is 28.5. The molecule has 0 N–H and O–H groups in total. The van der Waals surface area contributed by atoms with E-state index in [9.17, 15) is 0 Å². The number of aromatic nitrogens is 4. The van der Waals surface area contributed by atoms with Crippen molar-refractivity contribution in [3.05, 3.63) is 102 Å². The Labute approximate surface area is 284 Å². The minimum Gasteiger partial charge on any atom is -0.503 e. The Morgan fingerprint density at radius 3 is 1.84 bits per heavy atom. The first-order valence-corrected chi connectivity index (χ1v) is 15.6. The van der Waals surface area contributed by atoms with Crippen molar-refractivity contribution in [2.45, 2.75) is 91.9 Å². The van der Waals surface area contributed by atoms with E-state index in [2.05, 4.69) is 115 Å². The predicted molar refractivity (Wildman–Crippen MR) is 181 cm³/mol. The summed E-state index contributed by atoms with van der Waals surface area (Å²) >= 11 is 0. The molecule has 2 heterocycles. The first-order valence-electron chi connectivity index (χ1n) is 15.6. The number of aryl methyl sites for hydroxylation is 1. The van der Waals surface area contributed by atoms with Crippen LogP contribution in [-0.2, 0) is 38.9 Å². The van der Waals surface area contributed by atoms with Crippen LogP contribution in [0.2, 0.25) is 0 Å². The van der Waals surface area contributed by atoms with E-state index < -0.39 is 0 Å². The van der Waals surface area contributed by atoms with Crippen molar-refractivity contribution in [3.8, 4) is 39.7 Å². The molecule has 0 amide bonds. The molecule has 0 atom stereocenters. The Balaban J connectivity index is 0.00000461. The van der Waals surface area contributed by atoms with E-state index in [1.54, 1.807) is 6.20 Å². The van der Waals surface area contributed by atoms with Gasteiger partial charge >= 0.3 is 21.1 Å². The molecule has 0 spiro atoms. The number of nitrogens with zero attached hydrogens (tertiary/aromatic N) is 4. The van der Waals surface area contributed by atoms with Crippen LogP contribution in [0.5, 0.6) is 11.5 Å². The first-order chi connectivity index (χ1) is 20.7. The topological polar surface area (TPSA) is 44.9 Å². The van der Waals surface area contributed by atoms with Crippen molar-refractivity contribution in [1.82, 2.24) is 19.3 Å². The second-order valence-corrected chi connectivity index (χ2v) is 14.4. The average Bonchev–Trinajstić information content (AvgIpc) is 3.57. The minimum absolute atomic E-state index is 0. The zero-order valence-corrected chi connectivity index (χ0v) is 30.8. The van der Waals surface area contributed by atoms with Crippen LogP contribution in [0, 0.1) is 12.1 Å². The minimum atomic E-state index is -0.209. The molecule has 5 aromatic rings. The van der Waals surface area contributed by atoms with Gasteiger partial charge in [-0.3, -0.25) is 9.67 Å². The van der Waals surface area contributed by atoms with Gasteiger partial charge in [-0.1, -0.05) is 93.5 Å². The molecule has 0 saturated heterocycles. The molecule has 45 heavy (non-hydrogen) atoms. The van der Waals surface area contributed by atoms with Crippen LogP contribution in [0.1, 0.15) is 104 Å². The van der Waals surface area contributed by atoms with Crippen LogP contribution in [0.3, 0.4) is 0 Å². The van der Waals surface area contributed by atoms with Crippen molar-refractivity contribution < 1.29 is 25.8 Å². The summed E-state index contributed by atoms with van der Waals surface area (Å²) in [5.74, 6) is 2.79. The molecular weight excluding hydrogens is 736 g/mol. The average molecular weight is 782 g/mol. The standard InChI is InChI=1S/C39H46N4O.Pt/c1-25(2)31-19-14-20-32(26(3)4)33(31)34-35(38(5,6)7)41-43(36(34)39(8,9)10)28-16-13-18-30(24-28)44-29-17-12-15-27(23-29)37-40-21-22-42(37)11;/h12-22,25-26H,1-11H3;/q-2;+2. The van der Waals surface area contributed by atoms with E-state index in [0.29, 0.717) is 23.3 Å². The van der Waals surface area contributed by atoms with Crippen LogP contribution in [0.15, 0.2) is 67.0 Å². The van der Waals surface area contributed by atoms with Gasteiger partial charge in [-0.05, 0) is 34.2 Å². The predicted octanol–water partition coefficient (Wildman–Crippen LogP) is 10.2. The maximum absolute atomic E-state index is 6.35. The third-order valence-corrected chi connectivity index (χ3v) is 7.96. The van der Waals surface area contributed by atoms with Crippen LogP contribution < -0.4 is 4.74 Å². The summed E-state index contributed by atoms with van der Waals surface area (Å²) in [4.78, 5) is 4.47. The maximum Gasteiger partial charge on any atom is 2.00 e. The largest absolute Gasteiger partial charge is 2.00 e. The molecule has 2 aromatic heterocycles. The van der Waals surface area contributed by atoms with Gasteiger partial charge in [-0.15, -0.1) is 42.0 Å². The number of imidazole rings is 1. The molecule has 0 radical (unpaired) electrons. The van der Waals surface area contributed by atoms with Crippen molar-refractivity contribution in [1.29, 1.82) is 0 Å². The SMILES string of the molecule is CC(C)c1cccc(C(C)C)c1-c1c(C(C)(C)C)nn(-c2[c-]c(Oc3[c-]c(-c4nccn4C)ccc3)ccc2)c1C(C)(C)C.[Pt+2]. The Kier molecular flexibility index (Phi) is 10.0. The molecule has 5 nitrogen and oxygen atoms in total. The zero-order chi connectivity index (χ0) is 32.0. The Morgan fingerprint density at radius 1 is 0.733 bits per heavy atom. The second-order valence-electron chi connectivity index (χ2n) is 14.4. The number of rotatable bonds is 7. The van der Waals surface area contributed by atoms with Crippen LogP contribution in [-0.4, -0.2) is 19.3 Å². The van der Waals surface area contributed by atoms with Crippen LogP contribution in [0.25, 0.3) is 28.2 Å². The summed E-state index contributed by atoms with van der Waals surface area (Å²) < 4.78 is 10.4. The monoisotopic (exact) mass is 781 g/mol. The third-order valence-electron chi connectivity index (χ3n) is 7.96. The molecule has 0 fully saturated rings. The maximum atomic E-state index is 6.35. The molecule has 0 saturated carbocycles. The number of hydrogen-bond donors (Lipinski definition) is 0. The van der Waals surface area contributed by atoms with Gasteiger partial charge < -0.3 is 9.30 Å². The fourth-order valence-electron chi connectivity index (χ4n) is 5.89. The second kappa shape index (κ2) is 13.1. The van der Waals surface area contributed by atoms with Crippen molar-refractivity contribution in [2.75, 3.05) is 0 Å². The molecule has 0 bridgehead atoms. The molecule has 0 unspecified atom stereocenters. The fourth-order valence-corrected chi connectivity index (χ4v) is 5.89. The Bertz CT molecular complexity index is 1750. The molecule has 0 aliphatic carbocycles. The van der Waals surface area contributed by atoms with E-state index in [4.69, 9.17) is 9.84 Å². The summed E-state index contributed by atoms with van der Waals surface area (Å²) in [5.41, 5.74) is 8.87. The Hall–Kier alpha value is -3.43. The van der Waals surface area contributed by atoms with Gasteiger partial charge in [-0.2, -0.15) is 11.2 Å². The van der Waals surface area contributed by atoms with Crippen molar-refractivity contribution >= 4 is 0 Å². The van der Waals surface area contributed by atoms with Gasteiger partial charge in [0.2, 0.25) is 0 Å². The third kappa shape index (κ3) is 7.04. The summed E-state index contributed by atoms with van der Waals surface area (Å²) in [6.45, 7) is 22.8. The van der Waals surface area contributed by atoms with Gasteiger partial charge in [0.1, 0.15) is 0 Å². The van der Waals surface area contributed by atoms with E-state index >= 15 is 0 Å². The van der Waals surface area contributed by atoms with E-state index in [1.807, 2.05) is 48.1 Å². The van der Waals surface area contributed by atoms with Gasteiger partial charge in [0.15, 0.2) is 0 Å². The van der Waals surface area contributed by atoms with Crippen LogP contribution >= 0.6 is 0 Å². The molecule has 0 aliphatic heterocycles. The molecule has 0 aliphatic rings. The van der Waals surface area contributed by atoms with E-state index in [0.717, 1.165) is 22.8 Å². The van der Waals surface area contributed by atoms with E-state index in [1.165, 1.54) is 27.9 Å².